The van der Waals surface area contributed by atoms with Crippen molar-refractivity contribution >= 4 is 0 Å². The van der Waals surface area contributed by atoms with E-state index in [0.29, 0.717) is 6.10 Å². The molecule has 0 amide bonds. The molecule has 0 unspecified atom stereocenters. The fourth-order valence-electron chi connectivity index (χ4n) is 3.33. The number of hydrogen-bond acceptors (Lipinski definition) is 1. The first kappa shape index (κ1) is 12.4. The van der Waals surface area contributed by atoms with Crippen molar-refractivity contribution in [3.63, 3.8) is 0 Å². The molecule has 0 saturated heterocycles. The van der Waals surface area contributed by atoms with E-state index >= 15 is 0 Å². The molecule has 0 aromatic rings. The molecule has 2 rings (SSSR count). The first-order valence-electron chi connectivity index (χ1n) is 7.50. The Labute approximate surface area is 101 Å². The van der Waals surface area contributed by atoms with Crippen LogP contribution in [0.5, 0.6) is 0 Å². The Morgan fingerprint density at radius 2 is 1.50 bits per heavy atom. The van der Waals surface area contributed by atoms with Crippen LogP contribution in [0.25, 0.3) is 0 Å². The van der Waals surface area contributed by atoms with E-state index in [-0.39, 0.29) is 0 Å². The molecule has 94 valence electrons. The van der Waals surface area contributed by atoms with Gasteiger partial charge in [-0.2, -0.15) is 0 Å². The molecule has 0 N–H and O–H groups in total. The Balaban J connectivity index is 1.59. The molecule has 1 nitrogen and oxygen atoms in total. The summed E-state index contributed by atoms with van der Waals surface area (Å²) >= 11 is 0. The van der Waals surface area contributed by atoms with E-state index in [0.717, 1.165) is 18.4 Å². The van der Waals surface area contributed by atoms with Crippen LogP contribution in [0, 0.1) is 11.8 Å². The molecule has 0 atom stereocenters. The van der Waals surface area contributed by atoms with E-state index in [4.69, 9.17) is 4.74 Å². The molecule has 0 aromatic heterocycles. The lowest BCUT2D eigenvalue weighted by atomic mass is 9.85. The molecule has 2 aliphatic carbocycles. The molecule has 16 heavy (non-hydrogen) atoms. The molecule has 0 heterocycles. The van der Waals surface area contributed by atoms with Gasteiger partial charge in [0.1, 0.15) is 0 Å². The van der Waals surface area contributed by atoms with Crippen molar-refractivity contribution in [3.8, 4) is 0 Å². The van der Waals surface area contributed by atoms with Crippen LogP contribution < -0.4 is 0 Å². The quantitative estimate of drug-likeness (QED) is 0.680. The van der Waals surface area contributed by atoms with Gasteiger partial charge >= 0.3 is 0 Å². The lowest BCUT2D eigenvalue weighted by molar-refractivity contribution is -0.00703. The average molecular weight is 224 g/mol. The summed E-state index contributed by atoms with van der Waals surface area (Å²) in [6.45, 7) is 3.38. The minimum atomic E-state index is 0.602. The minimum absolute atomic E-state index is 0.602. The molecule has 1 heteroatoms. The third-order valence-electron chi connectivity index (χ3n) is 4.66. The maximum Gasteiger partial charge on any atom is 0.0575 e. The molecular weight excluding hydrogens is 196 g/mol. The summed E-state index contributed by atoms with van der Waals surface area (Å²) in [5.74, 6) is 1.88. The van der Waals surface area contributed by atoms with Crippen molar-refractivity contribution in [3.05, 3.63) is 0 Å². The SMILES string of the molecule is CCC1CCC(OCC2CCCCC2)CC1. The predicted molar refractivity (Wildman–Crippen MR) is 68.6 cm³/mol. The van der Waals surface area contributed by atoms with Gasteiger partial charge in [-0.1, -0.05) is 32.6 Å². The van der Waals surface area contributed by atoms with E-state index < -0.39 is 0 Å². The minimum Gasteiger partial charge on any atom is -0.378 e. The van der Waals surface area contributed by atoms with E-state index in [1.54, 1.807) is 0 Å². The Morgan fingerprint density at radius 3 is 2.12 bits per heavy atom. The zero-order chi connectivity index (χ0) is 11.2. The first-order chi connectivity index (χ1) is 7.88. The highest BCUT2D eigenvalue weighted by Gasteiger charge is 2.22. The molecule has 0 aliphatic heterocycles. The highest BCUT2D eigenvalue weighted by molar-refractivity contribution is 4.73. The fraction of sp³-hybridized carbons (Fsp3) is 1.00. The highest BCUT2D eigenvalue weighted by atomic mass is 16.5. The van der Waals surface area contributed by atoms with Crippen molar-refractivity contribution < 1.29 is 4.74 Å². The summed E-state index contributed by atoms with van der Waals surface area (Å²) < 4.78 is 6.12. The van der Waals surface area contributed by atoms with Crippen molar-refractivity contribution in [2.75, 3.05) is 6.61 Å². The van der Waals surface area contributed by atoms with Crippen LogP contribution in [0.15, 0.2) is 0 Å². The van der Waals surface area contributed by atoms with E-state index in [9.17, 15) is 0 Å². The molecule has 0 spiro atoms. The van der Waals surface area contributed by atoms with Crippen molar-refractivity contribution in [1.82, 2.24) is 0 Å². The molecule has 2 fully saturated rings. The zero-order valence-electron chi connectivity index (χ0n) is 10.9. The lowest BCUT2D eigenvalue weighted by Crippen LogP contribution is -2.24. The van der Waals surface area contributed by atoms with Gasteiger partial charge in [0.25, 0.3) is 0 Å². The molecule has 0 bridgehead atoms. The largest absolute Gasteiger partial charge is 0.378 e. The van der Waals surface area contributed by atoms with Crippen LogP contribution in [0.1, 0.15) is 71.1 Å². The number of hydrogen-bond donors (Lipinski definition) is 0. The predicted octanol–water partition coefficient (Wildman–Crippen LogP) is 4.55. The summed E-state index contributed by atoms with van der Waals surface area (Å²) in [7, 11) is 0. The Bertz CT molecular complexity index is 176. The highest BCUT2D eigenvalue weighted by Crippen LogP contribution is 2.30. The van der Waals surface area contributed by atoms with Crippen LogP contribution in [-0.2, 0) is 4.74 Å². The third-order valence-corrected chi connectivity index (χ3v) is 4.66. The topological polar surface area (TPSA) is 9.23 Å². The van der Waals surface area contributed by atoms with E-state index in [2.05, 4.69) is 6.92 Å². The third kappa shape index (κ3) is 3.76. The van der Waals surface area contributed by atoms with Gasteiger partial charge in [0.05, 0.1) is 6.10 Å². The number of rotatable bonds is 4. The van der Waals surface area contributed by atoms with Gasteiger partial charge < -0.3 is 4.74 Å². The van der Waals surface area contributed by atoms with Crippen molar-refractivity contribution in [2.45, 2.75) is 77.2 Å². The second kappa shape index (κ2) is 6.64. The lowest BCUT2D eigenvalue weighted by Gasteiger charge is -2.30. The van der Waals surface area contributed by atoms with Crippen LogP contribution in [-0.4, -0.2) is 12.7 Å². The molecule has 2 saturated carbocycles. The average Bonchev–Trinajstić information content (AvgIpc) is 2.38. The van der Waals surface area contributed by atoms with Crippen LogP contribution >= 0.6 is 0 Å². The van der Waals surface area contributed by atoms with E-state index in [1.165, 1.54) is 64.2 Å². The normalized spacial score (nSPS) is 32.8. The fourth-order valence-corrected chi connectivity index (χ4v) is 3.33. The van der Waals surface area contributed by atoms with Gasteiger partial charge in [0.15, 0.2) is 0 Å². The van der Waals surface area contributed by atoms with E-state index in [1.807, 2.05) is 0 Å². The summed E-state index contributed by atoms with van der Waals surface area (Å²) in [6.07, 6.45) is 14.6. The maximum absolute atomic E-state index is 6.12. The van der Waals surface area contributed by atoms with Gasteiger partial charge in [-0.05, 0) is 50.4 Å². The van der Waals surface area contributed by atoms with Gasteiger partial charge in [-0.15, -0.1) is 0 Å². The monoisotopic (exact) mass is 224 g/mol. The summed E-state index contributed by atoms with van der Waals surface area (Å²) in [5.41, 5.74) is 0. The summed E-state index contributed by atoms with van der Waals surface area (Å²) in [4.78, 5) is 0. The standard InChI is InChI=1S/C15H28O/c1-2-13-8-10-15(11-9-13)16-12-14-6-4-3-5-7-14/h13-15H,2-12H2,1H3. The maximum atomic E-state index is 6.12. The van der Waals surface area contributed by atoms with Gasteiger partial charge in [0, 0.05) is 6.61 Å². The van der Waals surface area contributed by atoms with Gasteiger partial charge in [-0.25, -0.2) is 0 Å². The van der Waals surface area contributed by atoms with Crippen molar-refractivity contribution in [2.24, 2.45) is 11.8 Å². The second-order valence-electron chi connectivity index (χ2n) is 5.89. The Morgan fingerprint density at radius 1 is 0.812 bits per heavy atom. The molecule has 0 radical (unpaired) electrons. The second-order valence-corrected chi connectivity index (χ2v) is 5.89. The zero-order valence-corrected chi connectivity index (χ0v) is 10.9. The Kier molecular flexibility index (Phi) is 5.15. The van der Waals surface area contributed by atoms with Gasteiger partial charge in [-0.3, -0.25) is 0 Å². The molecule has 0 aromatic carbocycles. The van der Waals surface area contributed by atoms with Crippen molar-refractivity contribution in [1.29, 1.82) is 0 Å². The molecular formula is C15H28O. The van der Waals surface area contributed by atoms with Crippen LogP contribution in [0.4, 0.5) is 0 Å². The van der Waals surface area contributed by atoms with Crippen LogP contribution in [0.3, 0.4) is 0 Å². The summed E-state index contributed by atoms with van der Waals surface area (Å²) in [5, 5.41) is 0. The summed E-state index contributed by atoms with van der Waals surface area (Å²) in [6, 6.07) is 0. The molecule has 2 aliphatic rings. The smallest absolute Gasteiger partial charge is 0.0575 e. The Hall–Kier alpha value is -0.0400. The first-order valence-corrected chi connectivity index (χ1v) is 7.50. The van der Waals surface area contributed by atoms with Crippen LogP contribution in [0.2, 0.25) is 0 Å². The number of ether oxygens (including phenoxy) is 1. The van der Waals surface area contributed by atoms with Gasteiger partial charge in [0.2, 0.25) is 0 Å².